The van der Waals surface area contributed by atoms with Crippen molar-refractivity contribution < 1.29 is 43.7 Å². The first-order valence-electron chi connectivity index (χ1n) is 10.7. The maximum absolute atomic E-state index is 12.1. The molecule has 0 aromatic rings. The number of aliphatic hydroxyl groups is 4. The van der Waals surface area contributed by atoms with Gasteiger partial charge in [0.2, 0.25) is 0 Å². The molecule has 0 aliphatic carbocycles. The second-order valence-electron chi connectivity index (χ2n) is 8.45. The van der Waals surface area contributed by atoms with E-state index in [2.05, 4.69) is 32.9 Å². The van der Waals surface area contributed by atoms with Crippen molar-refractivity contribution in [2.45, 2.75) is 90.5 Å². The molecule has 0 saturated carbocycles. The van der Waals surface area contributed by atoms with Gasteiger partial charge >= 0.3 is 7.82 Å². The fraction of sp³-hybridized carbons (Fsp3) is 0.810. The van der Waals surface area contributed by atoms with Crippen LogP contribution in [0.25, 0.3) is 0 Å². The van der Waals surface area contributed by atoms with Gasteiger partial charge in [0.05, 0.1) is 13.2 Å². The second kappa shape index (κ2) is 13.8. The molecular weight excluding hydrogens is 427 g/mol. The molecule has 9 nitrogen and oxygen atoms in total. The molecule has 1 rings (SSSR count). The van der Waals surface area contributed by atoms with Crippen molar-refractivity contribution in [3.63, 3.8) is 0 Å². The van der Waals surface area contributed by atoms with Crippen LogP contribution in [0.5, 0.6) is 0 Å². The van der Waals surface area contributed by atoms with Crippen molar-refractivity contribution in [1.82, 2.24) is 0 Å². The molecule has 0 amide bonds. The topological polar surface area (TPSA) is 146 Å². The summed E-state index contributed by atoms with van der Waals surface area (Å²) in [6.07, 6.45) is 0.864. The lowest BCUT2D eigenvalue weighted by atomic mass is 10.00. The van der Waals surface area contributed by atoms with Crippen molar-refractivity contribution in [3.05, 3.63) is 23.3 Å². The Morgan fingerprint density at radius 2 is 1.74 bits per heavy atom. The van der Waals surface area contributed by atoms with Crippen molar-refractivity contribution in [3.8, 4) is 0 Å². The minimum Gasteiger partial charge on any atom is -0.394 e. The minimum atomic E-state index is -4.58. The summed E-state index contributed by atoms with van der Waals surface area (Å²) in [5.41, 5.74) is 2.66. The Balaban J connectivity index is 2.36. The molecule has 0 radical (unpaired) electrons. The summed E-state index contributed by atoms with van der Waals surface area (Å²) in [6.45, 7) is 7.62. The smallest absolute Gasteiger partial charge is 0.394 e. The van der Waals surface area contributed by atoms with Gasteiger partial charge in [-0.15, -0.1) is 0 Å². The number of phosphoric acid groups is 1. The molecule has 0 bridgehead atoms. The van der Waals surface area contributed by atoms with Crippen LogP contribution < -0.4 is 0 Å². The molecule has 1 heterocycles. The number of allylic oxidation sites excluding steroid dienone is 4. The third kappa shape index (κ3) is 10.7. The molecule has 2 unspecified atom stereocenters. The molecule has 31 heavy (non-hydrogen) atoms. The fourth-order valence-corrected chi connectivity index (χ4v) is 3.97. The molecular formula is C21H39O9P. The van der Waals surface area contributed by atoms with E-state index in [1.54, 1.807) is 0 Å². The zero-order valence-electron chi connectivity index (χ0n) is 18.9. The average Bonchev–Trinajstić information content (AvgIpc) is 2.67. The highest BCUT2D eigenvalue weighted by Gasteiger charge is 2.46. The molecule has 0 aromatic heterocycles. The average molecular weight is 467 g/mol. The van der Waals surface area contributed by atoms with Crippen molar-refractivity contribution in [2.24, 2.45) is 5.92 Å². The first-order valence-corrected chi connectivity index (χ1v) is 12.2. The van der Waals surface area contributed by atoms with E-state index >= 15 is 0 Å². The fourth-order valence-electron chi connectivity index (χ4n) is 3.13. The minimum absolute atomic E-state index is 0.0321. The molecule has 0 aromatic carbocycles. The van der Waals surface area contributed by atoms with E-state index in [0.29, 0.717) is 6.42 Å². The molecule has 10 heteroatoms. The van der Waals surface area contributed by atoms with Crippen molar-refractivity contribution in [1.29, 1.82) is 0 Å². The molecule has 1 aliphatic rings. The quantitative estimate of drug-likeness (QED) is 0.204. The van der Waals surface area contributed by atoms with Gasteiger partial charge in [0.1, 0.15) is 24.4 Å². The Morgan fingerprint density at radius 3 is 2.35 bits per heavy atom. The van der Waals surface area contributed by atoms with Crippen LogP contribution in [-0.2, 0) is 18.3 Å². The van der Waals surface area contributed by atoms with Gasteiger partial charge in [-0.3, -0.25) is 9.05 Å². The standard InChI is InChI=1S/C21H39O9P/c1-14(2)7-5-8-15(3)9-6-10-16(4)11-12-28-31(26,27)30-21-20(25)19(24)18(23)17(13-22)29-21/h7,9,16-25H,5-6,8,10-13H2,1-4H3,(H,26,27)/b15-9+/t16?,17-,18-,19+,20+,21+/m1/s1. The molecule has 0 spiro atoms. The summed E-state index contributed by atoms with van der Waals surface area (Å²) in [5.74, 6) is 0.258. The van der Waals surface area contributed by atoms with Gasteiger partial charge in [0.15, 0.2) is 6.29 Å². The first kappa shape index (κ1) is 28.4. The third-order valence-corrected chi connectivity index (χ3v) is 6.18. The summed E-state index contributed by atoms with van der Waals surface area (Å²) < 4.78 is 27.0. The summed E-state index contributed by atoms with van der Waals surface area (Å²) in [6, 6.07) is 0. The van der Waals surface area contributed by atoms with Crippen LogP contribution >= 0.6 is 7.82 Å². The van der Waals surface area contributed by atoms with E-state index in [4.69, 9.17) is 18.9 Å². The first-order chi connectivity index (χ1) is 14.5. The van der Waals surface area contributed by atoms with Crippen LogP contribution in [0.2, 0.25) is 0 Å². The predicted molar refractivity (Wildman–Crippen MR) is 116 cm³/mol. The number of hydrogen-bond donors (Lipinski definition) is 5. The molecule has 5 N–H and O–H groups in total. The number of hydrogen-bond acceptors (Lipinski definition) is 8. The van der Waals surface area contributed by atoms with Crippen LogP contribution in [0.1, 0.15) is 59.8 Å². The number of phosphoric ester groups is 1. The van der Waals surface area contributed by atoms with Gasteiger partial charge < -0.3 is 30.1 Å². The number of ether oxygens (including phenoxy) is 1. The lowest BCUT2D eigenvalue weighted by molar-refractivity contribution is -0.281. The highest BCUT2D eigenvalue weighted by Crippen LogP contribution is 2.46. The molecule has 1 aliphatic heterocycles. The monoisotopic (exact) mass is 466 g/mol. The highest BCUT2D eigenvalue weighted by molar-refractivity contribution is 7.47. The van der Waals surface area contributed by atoms with E-state index in [-0.39, 0.29) is 12.5 Å². The number of aliphatic hydroxyl groups excluding tert-OH is 4. The third-order valence-electron chi connectivity index (χ3n) is 5.19. The highest BCUT2D eigenvalue weighted by atomic mass is 31.2. The van der Waals surface area contributed by atoms with Crippen LogP contribution in [0.15, 0.2) is 23.3 Å². The second-order valence-corrected chi connectivity index (χ2v) is 9.85. The zero-order chi connectivity index (χ0) is 23.6. The molecule has 182 valence electrons. The Hall–Kier alpha value is -0.610. The van der Waals surface area contributed by atoms with E-state index < -0.39 is 45.1 Å². The summed E-state index contributed by atoms with van der Waals surface area (Å²) in [4.78, 5) is 9.88. The lowest BCUT2D eigenvalue weighted by Gasteiger charge is -2.39. The van der Waals surface area contributed by atoms with E-state index in [9.17, 15) is 24.8 Å². The largest absolute Gasteiger partial charge is 0.474 e. The van der Waals surface area contributed by atoms with Crippen LogP contribution in [0.3, 0.4) is 0 Å². The normalized spacial score (nSPS) is 30.0. The van der Waals surface area contributed by atoms with Crippen LogP contribution in [0.4, 0.5) is 0 Å². The van der Waals surface area contributed by atoms with Gasteiger partial charge in [-0.25, -0.2) is 4.57 Å². The predicted octanol–water partition coefficient (Wildman–Crippen LogP) is 2.42. The van der Waals surface area contributed by atoms with Crippen molar-refractivity contribution >= 4 is 7.82 Å². The maximum Gasteiger partial charge on any atom is 0.474 e. The lowest BCUT2D eigenvalue weighted by Crippen LogP contribution is -2.58. The van der Waals surface area contributed by atoms with Crippen LogP contribution in [-0.4, -0.2) is 69.2 Å². The molecule has 7 atom stereocenters. The van der Waals surface area contributed by atoms with Crippen LogP contribution in [0, 0.1) is 5.92 Å². The SMILES string of the molecule is CC(C)=CCC/C(C)=C/CCC(C)CCOP(=O)(O)O[C@@H]1O[C@H](CO)[C@@H](O)[C@H](O)[C@@H]1O. The maximum atomic E-state index is 12.1. The van der Waals surface area contributed by atoms with Gasteiger partial charge in [0.25, 0.3) is 0 Å². The van der Waals surface area contributed by atoms with Gasteiger partial charge in [-0.1, -0.05) is 30.2 Å². The Kier molecular flexibility index (Phi) is 12.7. The number of rotatable bonds is 13. The Labute approximate surface area is 185 Å². The van der Waals surface area contributed by atoms with Crippen molar-refractivity contribution in [2.75, 3.05) is 13.2 Å². The Morgan fingerprint density at radius 1 is 1.06 bits per heavy atom. The van der Waals surface area contributed by atoms with E-state index in [1.807, 2.05) is 6.92 Å². The van der Waals surface area contributed by atoms with E-state index in [0.717, 1.165) is 25.7 Å². The molecule has 1 fully saturated rings. The Bertz CT molecular complexity index is 630. The summed E-state index contributed by atoms with van der Waals surface area (Å²) in [5, 5.41) is 38.5. The summed E-state index contributed by atoms with van der Waals surface area (Å²) in [7, 11) is -4.58. The zero-order valence-corrected chi connectivity index (χ0v) is 19.8. The molecule has 1 saturated heterocycles. The summed E-state index contributed by atoms with van der Waals surface area (Å²) >= 11 is 0. The van der Waals surface area contributed by atoms with Gasteiger partial charge in [-0.2, -0.15) is 0 Å². The van der Waals surface area contributed by atoms with Gasteiger partial charge in [0, 0.05) is 0 Å². The van der Waals surface area contributed by atoms with Gasteiger partial charge in [-0.05, 0) is 58.8 Å². The van der Waals surface area contributed by atoms with E-state index in [1.165, 1.54) is 11.1 Å².